The molecule has 3 aromatic rings. The summed E-state index contributed by atoms with van der Waals surface area (Å²) < 4.78 is 1.34. The van der Waals surface area contributed by atoms with Crippen molar-refractivity contribution in [2.45, 2.75) is 33.7 Å². The van der Waals surface area contributed by atoms with Gasteiger partial charge in [-0.05, 0) is 37.5 Å². The van der Waals surface area contributed by atoms with Crippen LogP contribution in [-0.2, 0) is 6.54 Å². The van der Waals surface area contributed by atoms with Gasteiger partial charge in [0, 0.05) is 11.9 Å². The first kappa shape index (κ1) is 18.5. The molecule has 0 atom stereocenters. The van der Waals surface area contributed by atoms with Gasteiger partial charge >= 0.3 is 0 Å². The Morgan fingerprint density at radius 1 is 1.19 bits per heavy atom. The minimum absolute atomic E-state index is 0.191. The zero-order chi connectivity index (χ0) is 19.4. The zero-order valence-electron chi connectivity index (χ0n) is 15.7. The molecular formula is C21H22N4O2. The minimum atomic E-state index is -0.447. The third-order valence-corrected chi connectivity index (χ3v) is 4.31. The van der Waals surface area contributed by atoms with Crippen molar-refractivity contribution in [3.63, 3.8) is 0 Å². The third-order valence-electron chi connectivity index (χ3n) is 4.31. The normalized spacial score (nSPS) is 11.2. The SMILES string of the molecule is CCCn1nc(C(=O)N/N=C/c2ccc(C)cc2C)c2ccccc2c1=O. The molecule has 0 fully saturated rings. The third kappa shape index (κ3) is 3.95. The van der Waals surface area contributed by atoms with Gasteiger partial charge in [0.1, 0.15) is 0 Å². The van der Waals surface area contributed by atoms with E-state index in [9.17, 15) is 9.59 Å². The molecule has 0 bridgehead atoms. The monoisotopic (exact) mass is 362 g/mol. The van der Waals surface area contributed by atoms with Crippen molar-refractivity contribution in [1.82, 2.24) is 15.2 Å². The fourth-order valence-corrected chi connectivity index (χ4v) is 2.95. The highest BCUT2D eigenvalue weighted by atomic mass is 16.2. The first-order valence-corrected chi connectivity index (χ1v) is 8.91. The van der Waals surface area contributed by atoms with E-state index in [1.54, 1.807) is 30.5 Å². The highest BCUT2D eigenvalue weighted by molar-refractivity contribution is 6.05. The van der Waals surface area contributed by atoms with E-state index < -0.39 is 5.91 Å². The smallest absolute Gasteiger partial charge is 0.267 e. The molecule has 0 aliphatic rings. The maximum Gasteiger partial charge on any atom is 0.292 e. The molecule has 2 aromatic carbocycles. The van der Waals surface area contributed by atoms with E-state index in [1.807, 2.05) is 32.9 Å². The quantitative estimate of drug-likeness (QED) is 0.559. The largest absolute Gasteiger partial charge is 0.292 e. The van der Waals surface area contributed by atoms with Crippen molar-refractivity contribution in [3.05, 3.63) is 75.2 Å². The lowest BCUT2D eigenvalue weighted by atomic mass is 10.1. The van der Waals surface area contributed by atoms with E-state index in [2.05, 4.69) is 21.7 Å². The number of carbonyl (C=O) groups excluding carboxylic acids is 1. The van der Waals surface area contributed by atoms with Gasteiger partial charge < -0.3 is 0 Å². The second-order valence-electron chi connectivity index (χ2n) is 6.48. The van der Waals surface area contributed by atoms with Crippen molar-refractivity contribution in [2.75, 3.05) is 0 Å². The minimum Gasteiger partial charge on any atom is -0.267 e. The fraction of sp³-hybridized carbons (Fsp3) is 0.238. The van der Waals surface area contributed by atoms with E-state index in [4.69, 9.17) is 0 Å². The van der Waals surface area contributed by atoms with E-state index >= 15 is 0 Å². The molecule has 6 nitrogen and oxygen atoms in total. The first-order chi connectivity index (χ1) is 13.0. The van der Waals surface area contributed by atoms with Crippen LogP contribution in [0.15, 0.2) is 52.4 Å². The number of hydrogen-bond donors (Lipinski definition) is 1. The lowest BCUT2D eigenvalue weighted by molar-refractivity contribution is 0.0949. The summed E-state index contributed by atoms with van der Waals surface area (Å²) in [4.78, 5) is 25.1. The van der Waals surface area contributed by atoms with Crippen LogP contribution < -0.4 is 11.0 Å². The van der Waals surface area contributed by atoms with Crippen LogP contribution in [-0.4, -0.2) is 21.9 Å². The number of hydrazone groups is 1. The predicted octanol–water partition coefficient (Wildman–Crippen LogP) is 3.19. The van der Waals surface area contributed by atoms with Gasteiger partial charge in [0.2, 0.25) is 0 Å². The van der Waals surface area contributed by atoms with E-state index in [-0.39, 0.29) is 11.3 Å². The Balaban J connectivity index is 1.92. The Morgan fingerprint density at radius 2 is 1.93 bits per heavy atom. The van der Waals surface area contributed by atoms with Crippen LogP contribution in [0.4, 0.5) is 0 Å². The second-order valence-corrected chi connectivity index (χ2v) is 6.48. The molecule has 0 saturated heterocycles. The first-order valence-electron chi connectivity index (χ1n) is 8.91. The Kier molecular flexibility index (Phi) is 5.45. The van der Waals surface area contributed by atoms with Crippen molar-refractivity contribution < 1.29 is 4.79 Å². The highest BCUT2D eigenvalue weighted by Gasteiger charge is 2.16. The number of benzene rings is 2. The van der Waals surface area contributed by atoms with Gasteiger partial charge in [-0.3, -0.25) is 9.59 Å². The number of hydrogen-bond acceptors (Lipinski definition) is 4. The van der Waals surface area contributed by atoms with Gasteiger partial charge in [0.05, 0.1) is 11.6 Å². The number of nitrogens with one attached hydrogen (secondary N) is 1. The molecule has 1 amide bonds. The van der Waals surface area contributed by atoms with Crippen molar-refractivity contribution in [2.24, 2.45) is 5.10 Å². The number of amides is 1. The van der Waals surface area contributed by atoms with Gasteiger partial charge in [-0.25, -0.2) is 10.1 Å². The molecule has 0 radical (unpaired) electrons. The number of rotatable bonds is 5. The molecule has 0 spiro atoms. The number of nitrogens with zero attached hydrogens (tertiary/aromatic N) is 3. The Morgan fingerprint density at radius 3 is 2.63 bits per heavy atom. The molecule has 3 rings (SSSR count). The summed E-state index contributed by atoms with van der Waals surface area (Å²) >= 11 is 0. The molecule has 0 aliphatic carbocycles. The zero-order valence-corrected chi connectivity index (χ0v) is 15.7. The fourth-order valence-electron chi connectivity index (χ4n) is 2.95. The molecule has 138 valence electrons. The van der Waals surface area contributed by atoms with E-state index in [1.165, 1.54) is 10.2 Å². The molecule has 27 heavy (non-hydrogen) atoms. The summed E-state index contributed by atoms with van der Waals surface area (Å²) in [6, 6.07) is 13.0. The summed E-state index contributed by atoms with van der Waals surface area (Å²) in [6.45, 7) is 6.43. The Hall–Kier alpha value is -3.28. The lowest BCUT2D eigenvalue weighted by Crippen LogP contribution is -2.29. The van der Waals surface area contributed by atoms with Crippen LogP contribution in [0.25, 0.3) is 10.8 Å². The predicted molar refractivity (Wildman–Crippen MR) is 107 cm³/mol. The summed E-state index contributed by atoms with van der Waals surface area (Å²) in [6.07, 6.45) is 2.36. The van der Waals surface area contributed by atoms with Crippen LogP contribution in [0, 0.1) is 13.8 Å². The number of carbonyl (C=O) groups is 1. The molecule has 0 saturated carbocycles. The summed E-state index contributed by atoms with van der Waals surface area (Å²) in [5.74, 6) is -0.447. The lowest BCUT2D eigenvalue weighted by Gasteiger charge is -2.09. The summed E-state index contributed by atoms with van der Waals surface area (Å²) in [5, 5.41) is 9.32. The number of aromatic nitrogens is 2. The van der Waals surface area contributed by atoms with Crippen LogP contribution >= 0.6 is 0 Å². The maximum atomic E-state index is 12.7. The number of fused-ring (bicyclic) bond motifs is 1. The molecular weight excluding hydrogens is 340 g/mol. The van der Waals surface area contributed by atoms with E-state index in [0.717, 1.165) is 17.5 Å². The second kappa shape index (κ2) is 7.95. The van der Waals surface area contributed by atoms with Crippen molar-refractivity contribution in [3.8, 4) is 0 Å². The van der Waals surface area contributed by atoms with Crippen molar-refractivity contribution in [1.29, 1.82) is 0 Å². The molecule has 0 aliphatic heterocycles. The standard InChI is InChI=1S/C21H22N4O2/c1-4-11-25-21(27)18-8-6-5-7-17(18)19(24-25)20(26)23-22-13-16-10-9-14(2)12-15(16)3/h5-10,12-13H,4,11H2,1-3H3,(H,23,26)/b22-13+. The molecule has 1 heterocycles. The van der Waals surface area contributed by atoms with Crippen molar-refractivity contribution >= 4 is 22.9 Å². The van der Waals surface area contributed by atoms with Crippen LogP contribution in [0.2, 0.25) is 0 Å². The topological polar surface area (TPSA) is 76.3 Å². The van der Waals surface area contributed by atoms with E-state index in [0.29, 0.717) is 17.3 Å². The summed E-state index contributed by atoms with van der Waals surface area (Å²) in [5.41, 5.74) is 5.69. The van der Waals surface area contributed by atoms with Crippen LogP contribution in [0.5, 0.6) is 0 Å². The van der Waals surface area contributed by atoms with Gasteiger partial charge in [-0.15, -0.1) is 0 Å². The van der Waals surface area contributed by atoms with Gasteiger partial charge in [-0.2, -0.15) is 10.2 Å². The van der Waals surface area contributed by atoms with Gasteiger partial charge in [0.15, 0.2) is 5.69 Å². The maximum absolute atomic E-state index is 12.7. The number of aryl methyl sites for hydroxylation is 3. The Bertz CT molecular complexity index is 1080. The Labute approximate surface area is 157 Å². The van der Waals surface area contributed by atoms with Crippen LogP contribution in [0.3, 0.4) is 0 Å². The summed E-state index contributed by atoms with van der Waals surface area (Å²) in [7, 11) is 0. The average molecular weight is 362 g/mol. The van der Waals surface area contributed by atoms with Crippen LogP contribution in [0.1, 0.15) is 40.5 Å². The van der Waals surface area contributed by atoms with Gasteiger partial charge in [0.25, 0.3) is 11.5 Å². The molecule has 1 N–H and O–H groups in total. The molecule has 1 aromatic heterocycles. The highest BCUT2D eigenvalue weighted by Crippen LogP contribution is 2.13. The molecule has 6 heteroatoms. The molecule has 0 unspecified atom stereocenters. The average Bonchev–Trinajstić information content (AvgIpc) is 2.66. The van der Waals surface area contributed by atoms with Gasteiger partial charge in [-0.1, -0.05) is 48.9 Å².